The van der Waals surface area contributed by atoms with Crippen LogP contribution in [0.2, 0.25) is 0 Å². The standard InChI is InChI=1S/C15H17NO2S/c1-15(18,13-5-3-2-4-6-13)9-14(17)16-10-12-7-8-19-11-12/h2-8,11,18H,9-10H2,1H3,(H,16,17). The average molecular weight is 275 g/mol. The van der Waals surface area contributed by atoms with Gasteiger partial charge >= 0.3 is 0 Å². The molecule has 1 amide bonds. The zero-order valence-corrected chi connectivity index (χ0v) is 11.6. The van der Waals surface area contributed by atoms with E-state index in [-0.39, 0.29) is 12.3 Å². The molecule has 0 aliphatic carbocycles. The van der Waals surface area contributed by atoms with Gasteiger partial charge in [-0.25, -0.2) is 0 Å². The second kappa shape index (κ2) is 5.99. The molecule has 1 heterocycles. The number of hydrogen-bond donors (Lipinski definition) is 2. The van der Waals surface area contributed by atoms with Gasteiger partial charge in [0.1, 0.15) is 0 Å². The minimum absolute atomic E-state index is 0.0567. The van der Waals surface area contributed by atoms with Crippen LogP contribution in [0.25, 0.3) is 0 Å². The molecule has 0 spiro atoms. The fraction of sp³-hybridized carbons (Fsp3) is 0.267. The molecule has 100 valence electrons. The molecule has 1 aromatic heterocycles. The van der Waals surface area contributed by atoms with Crippen molar-refractivity contribution in [3.05, 3.63) is 58.3 Å². The average Bonchev–Trinajstić information content (AvgIpc) is 2.90. The molecule has 2 N–H and O–H groups in total. The van der Waals surface area contributed by atoms with Gasteiger partial charge in [-0.1, -0.05) is 30.3 Å². The van der Waals surface area contributed by atoms with Crippen molar-refractivity contribution < 1.29 is 9.90 Å². The lowest BCUT2D eigenvalue weighted by Gasteiger charge is -2.23. The number of carbonyl (C=O) groups is 1. The predicted octanol–water partition coefficient (Wildman–Crippen LogP) is 2.66. The van der Waals surface area contributed by atoms with Crippen molar-refractivity contribution in [3.8, 4) is 0 Å². The first-order chi connectivity index (χ1) is 9.08. The molecule has 0 saturated heterocycles. The van der Waals surface area contributed by atoms with Crippen LogP contribution in [0.1, 0.15) is 24.5 Å². The highest BCUT2D eigenvalue weighted by Crippen LogP contribution is 2.23. The molecule has 0 aliphatic rings. The third kappa shape index (κ3) is 3.91. The van der Waals surface area contributed by atoms with Gasteiger partial charge in [-0.05, 0) is 34.9 Å². The van der Waals surface area contributed by atoms with Crippen LogP contribution in [0.4, 0.5) is 0 Å². The van der Waals surface area contributed by atoms with Crippen LogP contribution in [0.5, 0.6) is 0 Å². The first-order valence-electron chi connectivity index (χ1n) is 6.13. The number of amides is 1. The molecule has 19 heavy (non-hydrogen) atoms. The third-order valence-electron chi connectivity index (χ3n) is 2.97. The number of thiophene rings is 1. The van der Waals surface area contributed by atoms with Crippen molar-refractivity contribution in [1.29, 1.82) is 0 Å². The number of benzene rings is 1. The van der Waals surface area contributed by atoms with E-state index in [2.05, 4.69) is 5.32 Å². The molecule has 1 unspecified atom stereocenters. The molecule has 0 fully saturated rings. The van der Waals surface area contributed by atoms with Gasteiger partial charge in [-0.15, -0.1) is 0 Å². The maximum absolute atomic E-state index is 11.9. The van der Waals surface area contributed by atoms with Crippen molar-refractivity contribution >= 4 is 17.2 Å². The Hall–Kier alpha value is -1.65. The Kier molecular flexibility index (Phi) is 4.35. The van der Waals surface area contributed by atoms with E-state index in [0.717, 1.165) is 11.1 Å². The summed E-state index contributed by atoms with van der Waals surface area (Å²) in [5.74, 6) is -0.153. The minimum Gasteiger partial charge on any atom is -0.385 e. The van der Waals surface area contributed by atoms with Gasteiger partial charge in [-0.2, -0.15) is 11.3 Å². The summed E-state index contributed by atoms with van der Waals surface area (Å²) in [5, 5.41) is 17.1. The fourth-order valence-corrected chi connectivity index (χ4v) is 2.54. The summed E-state index contributed by atoms with van der Waals surface area (Å²) in [6, 6.07) is 11.2. The molecule has 0 radical (unpaired) electrons. The van der Waals surface area contributed by atoms with Gasteiger partial charge in [0.2, 0.25) is 5.91 Å². The summed E-state index contributed by atoms with van der Waals surface area (Å²) in [7, 11) is 0. The van der Waals surface area contributed by atoms with Gasteiger partial charge in [0.05, 0.1) is 12.0 Å². The van der Waals surface area contributed by atoms with E-state index >= 15 is 0 Å². The first kappa shape index (κ1) is 13.8. The number of rotatable bonds is 5. The molecule has 2 aromatic rings. The van der Waals surface area contributed by atoms with Crippen LogP contribution in [0.3, 0.4) is 0 Å². The molecule has 0 bridgehead atoms. The summed E-state index contributed by atoms with van der Waals surface area (Å²) in [5.41, 5.74) is 0.693. The van der Waals surface area contributed by atoms with E-state index in [1.165, 1.54) is 0 Å². The maximum atomic E-state index is 11.9. The van der Waals surface area contributed by atoms with Crippen LogP contribution in [-0.4, -0.2) is 11.0 Å². The van der Waals surface area contributed by atoms with Crippen LogP contribution >= 0.6 is 11.3 Å². The predicted molar refractivity (Wildman–Crippen MR) is 76.8 cm³/mol. The highest BCUT2D eigenvalue weighted by molar-refractivity contribution is 7.07. The Labute approximate surface area is 116 Å². The highest BCUT2D eigenvalue weighted by Gasteiger charge is 2.26. The van der Waals surface area contributed by atoms with Crippen molar-refractivity contribution in [3.63, 3.8) is 0 Å². The Bertz CT molecular complexity index is 520. The van der Waals surface area contributed by atoms with Crippen LogP contribution in [0.15, 0.2) is 47.2 Å². The van der Waals surface area contributed by atoms with E-state index in [1.54, 1.807) is 18.3 Å². The summed E-state index contributed by atoms with van der Waals surface area (Å²) in [6.45, 7) is 2.17. The highest BCUT2D eigenvalue weighted by atomic mass is 32.1. The minimum atomic E-state index is -1.14. The second-order valence-corrected chi connectivity index (χ2v) is 5.51. The maximum Gasteiger partial charge on any atom is 0.223 e. The smallest absolute Gasteiger partial charge is 0.223 e. The van der Waals surface area contributed by atoms with Crippen LogP contribution in [-0.2, 0) is 16.9 Å². The Balaban J connectivity index is 1.91. The van der Waals surface area contributed by atoms with Gasteiger partial charge in [0, 0.05) is 6.54 Å². The quantitative estimate of drug-likeness (QED) is 0.881. The van der Waals surface area contributed by atoms with Gasteiger partial charge in [-0.3, -0.25) is 4.79 Å². The summed E-state index contributed by atoms with van der Waals surface area (Å²) >= 11 is 1.60. The van der Waals surface area contributed by atoms with E-state index in [1.807, 2.05) is 47.2 Å². The van der Waals surface area contributed by atoms with Gasteiger partial charge in [0.15, 0.2) is 0 Å². The molecular formula is C15H17NO2S. The Morgan fingerprint density at radius 2 is 2.05 bits per heavy atom. The Morgan fingerprint density at radius 3 is 2.68 bits per heavy atom. The number of carbonyl (C=O) groups excluding carboxylic acids is 1. The van der Waals surface area contributed by atoms with E-state index < -0.39 is 5.60 Å². The summed E-state index contributed by atoms with van der Waals surface area (Å²) in [6.07, 6.45) is 0.0567. The normalized spacial score (nSPS) is 13.8. The van der Waals surface area contributed by atoms with Crippen molar-refractivity contribution in [2.75, 3.05) is 0 Å². The molecule has 4 heteroatoms. The number of nitrogens with one attached hydrogen (secondary N) is 1. The monoisotopic (exact) mass is 275 g/mol. The SMILES string of the molecule is CC(O)(CC(=O)NCc1ccsc1)c1ccccc1. The van der Waals surface area contributed by atoms with Gasteiger partial charge < -0.3 is 10.4 Å². The lowest BCUT2D eigenvalue weighted by atomic mass is 9.92. The first-order valence-corrected chi connectivity index (χ1v) is 7.08. The van der Waals surface area contributed by atoms with Gasteiger partial charge in [0.25, 0.3) is 0 Å². The molecule has 3 nitrogen and oxygen atoms in total. The zero-order chi connectivity index (χ0) is 13.7. The van der Waals surface area contributed by atoms with Crippen molar-refractivity contribution in [1.82, 2.24) is 5.32 Å². The van der Waals surface area contributed by atoms with E-state index in [4.69, 9.17) is 0 Å². The molecule has 0 saturated carbocycles. The van der Waals surface area contributed by atoms with E-state index in [9.17, 15) is 9.90 Å². The molecule has 1 atom stereocenters. The summed E-state index contributed by atoms with van der Waals surface area (Å²) in [4.78, 5) is 11.9. The summed E-state index contributed by atoms with van der Waals surface area (Å²) < 4.78 is 0. The van der Waals surface area contributed by atoms with E-state index in [0.29, 0.717) is 6.54 Å². The molecule has 1 aromatic carbocycles. The van der Waals surface area contributed by atoms with Crippen molar-refractivity contribution in [2.24, 2.45) is 0 Å². The zero-order valence-electron chi connectivity index (χ0n) is 10.8. The molecule has 2 rings (SSSR count). The third-order valence-corrected chi connectivity index (χ3v) is 3.70. The number of aliphatic hydroxyl groups is 1. The largest absolute Gasteiger partial charge is 0.385 e. The lowest BCUT2D eigenvalue weighted by molar-refractivity contribution is -0.126. The molecular weight excluding hydrogens is 258 g/mol. The van der Waals surface area contributed by atoms with Crippen molar-refractivity contribution in [2.45, 2.75) is 25.5 Å². The second-order valence-electron chi connectivity index (χ2n) is 4.72. The molecule has 0 aliphatic heterocycles. The Morgan fingerprint density at radius 1 is 1.32 bits per heavy atom. The fourth-order valence-electron chi connectivity index (χ4n) is 1.87. The topological polar surface area (TPSA) is 49.3 Å². The van der Waals surface area contributed by atoms with Crippen LogP contribution in [0, 0.1) is 0 Å². The van der Waals surface area contributed by atoms with Crippen LogP contribution < -0.4 is 5.32 Å². The lowest BCUT2D eigenvalue weighted by Crippen LogP contribution is -2.32. The number of hydrogen-bond acceptors (Lipinski definition) is 3.